The number of piperazine rings is 1. The van der Waals surface area contributed by atoms with Gasteiger partial charge in [-0.15, -0.1) is 12.4 Å². The van der Waals surface area contributed by atoms with Gasteiger partial charge < -0.3 is 10.2 Å². The van der Waals surface area contributed by atoms with E-state index in [4.69, 9.17) is 0 Å². The molecular weight excluding hydrogens is 312 g/mol. The van der Waals surface area contributed by atoms with Crippen LogP contribution >= 0.6 is 12.4 Å². The molecule has 2 fully saturated rings. The fourth-order valence-corrected chi connectivity index (χ4v) is 3.05. The third-order valence-electron chi connectivity index (χ3n) is 4.32. The summed E-state index contributed by atoms with van der Waals surface area (Å²) >= 11 is 0. The number of hydrogen-bond donors (Lipinski definition) is 1. The molecule has 2 saturated heterocycles. The molecule has 0 spiro atoms. The third kappa shape index (κ3) is 3.56. The summed E-state index contributed by atoms with van der Waals surface area (Å²) in [6, 6.07) is 3.88. The number of nitrogens with zero attached hydrogens (tertiary/aromatic N) is 2. The lowest BCUT2D eigenvalue weighted by atomic mass is 10.1. The lowest BCUT2D eigenvalue weighted by molar-refractivity contribution is 0.0583. The monoisotopic (exact) mass is 331 g/mol. The number of halogens is 3. The van der Waals surface area contributed by atoms with Crippen molar-refractivity contribution in [2.24, 2.45) is 0 Å². The Balaban J connectivity index is 0.00000176. The first-order valence-electron chi connectivity index (χ1n) is 7.34. The molecule has 0 radical (unpaired) electrons. The van der Waals surface area contributed by atoms with E-state index in [1.54, 1.807) is 4.90 Å². The van der Waals surface area contributed by atoms with E-state index >= 15 is 0 Å². The topological polar surface area (TPSA) is 35.6 Å². The second-order valence-corrected chi connectivity index (χ2v) is 5.60. The SMILES string of the molecule is Cl.O=C(c1ccc(F)c(F)c1)N1CCN(C2CCNC2)CC1. The molecule has 1 N–H and O–H groups in total. The standard InChI is InChI=1S/C15H19F2N3O.ClH/c16-13-2-1-11(9-14(13)17)15(21)20-7-5-19(6-8-20)12-3-4-18-10-12;/h1-2,9,12,18H,3-8,10H2;1H. The van der Waals surface area contributed by atoms with Gasteiger partial charge in [0.15, 0.2) is 11.6 Å². The van der Waals surface area contributed by atoms with Gasteiger partial charge in [0, 0.05) is 44.3 Å². The highest BCUT2D eigenvalue weighted by atomic mass is 35.5. The number of rotatable bonds is 2. The van der Waals surface area contributed by atoms with Crippen LogP contribution in [0.3, 0.4) is 0 Å². The minimum atomic E-state index is -0.975. The van der Waals surface area contributed by atoms with Crippen molar-refractivity contribution in [2.75, 3.05) is 39.3 Å². The third-order valence-corrected chi connectivity index (χ3v) is 4.32. The largest absolute Gasteiger partial charge is 0.336 e. The summed E-state index contributed by atoms with van der Waals surface area (Å²) in [7, 11) is 0. The Morgan fingerprint density at radius 3 is 2.45 bits per heavy atom. The summed E-state index contributed by atoms with van der Waals surface area (Å²) in [6.07, 6.45) is 1.15. The molecule has 3 rings (SSSR count). The van der Waals surface area contributed by atoms with Gasteiger partial charge in [-0.3, -0.25) is 9.69 Å². The molecule has 1 atom stereocenters. The average Bonchev–Trinajstić information content (AvgIpc) is 3.04. The molecule has 1 unspecified atom stereocenters. The van der Waals surface area contributed by atoms with Gasteiger partial charge in [-0.1, -0.05) is 0 Å². The molecule has 22 heavy (non-hydrogen) atoms. The van der Waals surface area contributed by atoms with E-state index in [0.717, 1.165) is 44.7 Å². The molecule has 2 aliphatic heterocycles. The number of carbonyl (C=O) groups excluding carboxylic acids is 1. The summed E-state index contributed by atoms with van der Waals surface area (Å²) in [6.45, 7) is 5.00. The summed E-state index contributed by atoms with van der Waals surface area (Å²) in [5.41, 5.74) is 0.213. The molecule has 122 valence electrons. The molecule has 0 aromatic heterocycles. The first kappa shape index (κ1) is 17.1. The molecule has 0 aliphatic carbocycles. The van der Waals surface area contributed by atoms with Gasteiger partial charge in [-0.25, -0.2) is 8.78 Å². The van der Waals surface area contributed by atoms with Crippen LogP contribution in [0, 0.1) is 11.6 Å². The van der Waals surface area contributed by atoms with Crippen LogP contribution in [0.4, 0.5) is 8.78 Å². The highest BCUT2D eigenvalue weighted by Gasteiger charge is 2.28. The molecule has 4 nitrogen and oxygen atoms in total. The quantitative estimate of drug-likeness (QED) is 0.892. The summed E-state index contributed by atoms with van der Waals surface area (Å²) in [5, 5.41) is 3.34. The fraction of sp³-hybridized carbons (Fsp3) is 0.533. The summed E-state index contributed by atoms with van der Waals surface area (Å²) in [5.74, 6) is -2.13. The van der Waals surface area contributed by atoms with Crippen molar-refractivity contribution in [2.45, 2.75) is 12.5 Å². The zero-order chi connectivity index (χ0) is 14.8. The molecule has 0 bridgehead atoms. The van der Waals surface area contributed by atoms with Gasteiger partial charge in [0.25, 0.3) is 5.91 Å². The van der Waals surface area contributed by atoms with Gasteiger partial charge in [0.1, 0.15) is 0 Å². The maximum atomic E-state index is 13.2. The highest BCUT2D eigenvalue weighted by molar-refractivity contribution is 5.94. The Labute approximate surface area is 134 Å². The predicted octanol–water partition coefficient (Wildman–Crippen LogP) is 1.51. The van der Waals surface area contributed by atoms with Crippen LogP contribution in [-0.2, 0) is 0 Å². The van der Waals surface area contributed by atoms with Gasteiger partial charge in [-0.2, -0.15) is 0 Å². The molecule has 2 heterocycles. The lowest BCUT2D eigenvalue weighted by Crippen LogP contribution is -2.52. The maximum absolute atomic E-state index is 13.2. The number of amides is 1. The Hall–Kier alpha value is -1.24. The second kappa shape index (κ2) is 7.35. The van der Waals surface area contributed by atoms with E-state index in [-0.39, 0.29) is 23.9 Å². The molecular formula is C15H20ClF2N3O. The molecule has 0 saturated carbocycles. The van der Waals surface area contributed by atoms with Crippen LogP contribution in [0.2, 0.25) is 0 Å². The number of carbonyl (C=O) groups is 1. The number of benzene rings is 1. The van der Waals surface area contributed by atoms with Crippen LogP contribution in [-0.4, -0.2) is 61.0 Å². The van der Waals surface area contributed by atoms with Crippen molar-refractivity contribution in [3.63, 3.8) is 0 Å². The number of nitrogens with one attached hydrogen (secondary N) is 1. The van der Waals surface area contributed by atoms with Crippen molar-refractivity contribution in [1.29, 1.82) is 0 Å². The van der Waals surface area contributed by atoms with E-state index < -0.39 is 11.6 Å². The average molecular weight is 332 g/mol. The van der Waals surface area contributed by atoms with E-state index in [1.807, 2.05) is 0 Å². The lowest BCUT2D eigenvalue weighted by Gasteiger charge is -2.37. The fourth-order valence-electron chi connectivity index (χ4n) is 3.05. The van der Waals surface area contributed by atoms with Gasteiger partial charge in [-0.05, 0) is 31.2 Å². The molecule has 7 heteroatoms. The Kier molecular flexibility index (Phi) is 5.72. The van der Waals surface area contributed by atoms with Crippen LogP contribution < -0.4 is 5.32 Å². The van der Waals surface area contributed by atoms with E-state index in [1.165, 1.54) is 6.07 Å². The van der Waals surface area contributed by atoms with E-state index in [0.29, 0.717) is 19.1 Å². The Morgan fingerprint density at radius 2 is 1.86 bits per heavy atom. The molecule has 1 aromatic carbocycles. The van der Waals surface area contributed by atoms with Crippen molar-refractivity contribution in [3.8, 4) is 0 Å². The van der Waals surface area contributed by atoms with Crippen LogP contribution in [0.5, 0.6) is 0 Å². The van der Waals surface area contributed by atoms with Gasteiger partial charge in [0.2, 0.25) is 0 Å². The highest BCUT2D eigenvalue weighted by Crippen LogP contribution is 2.15. The van der Waals surface area contributed by atoms with Gasteiger partial charge in [0.05, 0.1) is 0 Å². The second-order valence-electron chi connectivity index (χ2n) is 5.60. The first-order valence-corrected chi connectivity index (χ1v) is 7.34. The molecule has 1 amide bonds. The first-order chi connectivity index (χ1) is 10.1. The maximum Gasteiger partial charge on any atom is 0.254 e. The van der Waals surface area contributed by atoms with Crippen LogP contribution in [0.25, 0.3) is 0 Å². The molecule has 2 aliphatic rings. The molecule has 1 aromatic rings. The zero-order valence-corrected chi connectivity index (χ0v) is 13.0. The predicted molar refractivity (Wildman–Crippen MR) is 82.4 cm³/mol. The zero-order valence-electron chi connectivity index (χ0n) is 12.2. The summed E-state index contributed by atoms with van der Waals surface area (Å²) < 4.78 is 26.1. The smallest absolute Gasteiger partial charge is 0.254 e. The minimum absolute atomic E-state index is 0. The van der Waals surface area contributed by atoms with E-state index in [2.05, 4.69) is 10.2 Å². The van der Waals surface area contributed by atoms with Crippen molar-refractivity contribution < 1.29 is 13.6 Å². The van der Waals surface area contributed by atoms with Crippen molar-refractivity contribution >= 4 is 18.3 Å². The van der Waals surface area contributed by atoms with Crippen LogP contribution in [0.15, 0.2) is 18.2 Å². The Morgan fingerprint density at radius 1 is 1.14 bits per heavy atom. The van der Waals surface area contributed by atoms with E-state index in [9.17, 15) is 13.6 Å². The van der Waals surface area contributed by atoms with Gasteiger partial charge >= 0.3 is 0 Å². The van der Waals surface area contributed by atoms with Crippen molar-refractivity contribution in [3.05, 3.63) is 35.4 Å². The Bertz CT molecular complexity index is 530. The minimum Gasteiger partial charge on any atom is -0.336 e. The van der Waals surface area contributed by atoms with Crippen molar-refractivity contribution in [1.82, 2.24) is 15.1 Å². The van der Waals surface area contributed by atoms with Crippen LogP contribution in [0.1, 0.15) is 16.8 Å². The number of hydrogen-bond acceptors (Lipinski definition) is 3. The normalized spacial score (nSPS) is 22.5. The summed E-state index contributed by atoms with van der Waals surface area (Å²) in [4.78, 5) is 16.4.